The van der Waals surface area contributed by atoms with Crippen LogP contribution in [0.3, 0.4) is 0 Å². The minimum Gasteiger partial charge on any atom is -0.381 e. The van der Waals surface area contributed by atoms with Crippen molar-refractivity contribution in [2.75, 3.05) is 11.1 Å². The van der Waals surface area contributed by atoms with Crippen molar-refractivity contribution in [1.82, 2.24) is 15.0 Å². The number of aromatic nitrogens is 3. The molecule has 0 atom stereocenters. The maximum Gasteiger partial charge on any atom is 0.173 e. The third kappa shape index (κ3) is 1.93. The smallest absolute Gasteiger partial charge is 0.173 e. The zero-order chi connectivity index (χ0) is 12.4. The number of nitrogens with zero attached hydrogens (tertiary/aromatic N) is 3. The van der Waals surface area contributed by atoms with Crippen LogP contribution in [0.25, 0.3) is 10.9 Å². The number of anilines is 3. The summed E-state index contributed by atoms with van der Waals surface area (Å²) in [5.74, 6) is 0.903. The molecule has 5 nitrogen and oxygen atoms in total. The standard InChI is InChI=1S/C13H11N5/c14-12-13(16-6-5-15-12)18-10-7-9-3-1-2-4-11(9)17-8-10/h1-8H,(H2,14,15)(H,16,18). The van der Waals surface area contributed by atoms with E-state index in [0.717, 1.165) is 16.6 Å². The third-order valence-corrected chi connectivity index (χ3v) is 2.58. The van der Waals surface area contributed by atoms with E-state index in [2.05, 4.69) is 20.3 Å². The second kappa shape index (κ2) is 4.29. The maximum atomic E-state index is 5.72. The fraction of sp³-hybridized carbons (Fsp3) is 0. The number of rotatable bonds is 2. The molecule has 0 spiro atoms. The van der Waals surface area contributed by atoms with Crippen LogP contribution >= 0.6 is 0 Å². The van der Waals surface area contributed by atoms with Crippen LogP contribution in [0, 0.1) is 0 Å². The van der Waals surface area contributed by atoms with E-state index < -0.39 is 0 Å². The van der Waals surface area contributed by atoms with Crippen LogP contribution in [0.15, 0.2) is 48.9 Å². The summed E-state index contributed by atoms with van der Waals surface area (Å²) in [6.45, 7) is 0. The molecule has 0 aliphatic heterocycles. The van der Waals surface area contributed by atoms with E-state index in [0.29, 0.717) is 11.6 Å². The van der Waals surface area contributed by atoms with Gasteiger partial charge in [0.15, 0.2) is 11.6 Å². The molecular weight excluding hydrogens is 226 g/mol. The van der Waals surface area contributed by atoms with E-state index in [4.69, 9.17) is 5.73 Å². The molecule has 0 amide bonds. The molecular formula is C13H11N5. The molecule has 1 aromatic carbocycles. The monoisotopic (exact) mass is 237 g/mol. The highest BCUT2D eigenvalue weighted by Gasteiger charge is 2.02. The van der Waals surface area contributed by atoms with Crippen LogP contribution in [0.4, 0.5) is 17.3 Å². The number of nitrogens with one attached hydrogen (secondary N) is 1. The minimum atomic E-state index is 0.366. The van der Waals surface area contributed by atoms with Gasteiger partial charge in [0, 0.05) is 17.8 Å². The summed E-state index contributed by atoms with van der Waals surface area (Å²) in [7, 11) is 0. The van der Waals surface area contributed by atoms with E-state index in [1.807, 2.05) is 30.3 Å². The molecule has 0 aliphatic carbocycles. The molecule has 2 aromatic heterocycles. The fourth-order valence-electron chi connectivity index (χ4n) is 1.72. The average molecular weight is 237 g/mol. The normalized spacial score (nSPS) is 10.4. The Hall–Kier alpha value is -2.69. The molecule has 0 saturated heterocycles. The lowest BCUT2D eigenvalue weighted by Gasteiger charge is -2.07. The van der Waals surface area contributed by atoms with Crippen LogP contribution in [0.2, 0.25) is 0 Å². The van der Waals surface area contributed by atoms with E-state index in [-0.39, 0.29) is 0 Å². The van der Waals surface area contributed by atoms with Gasteiger partial charge in [-0.05, 0) is 12.1 Å². The number of pyridine rings is 1. The zero-order valence-corrected chi connectivity index (χ0v) is 9.54. The summed E-state index contributed by atoms with van der Waals surface area (Å²) in [4.78, 5) is 12.5. The Morgan fingerprint density at radius 2 is 1.83 bits per heavy atom. The molecule has 2 heterocycles. The zero-order valence-electron chi connectivity index (χ0n) is 9.54. The summed E-state index contributed by atoms with van der Waals surface area (Å²) in [5, 5.41) is 4.16. The molecule has 3 N–H and O–H groups in total. The minimum absolute atomic E-state index is 0.366. The molecule has 0 aliphatic rings. The molecule has 3 rings (SSSR count). The molecule has 0 bridgehead atoms. The van der Waals surface area contributed by atoms with Crippen molar-refractivity contribution in [3.63, 3.8) is 0 Å². The lowest BCUT2D eigenvalue weighted by molar-refractivity contribution is 1.20. The molecule has 0 radical (unpaired) electrons. The van der Waals surface area contributed by atoms with E-state index >= 15 is 0 Å². The molecule has 0 fully saturated rings. The first-order valence-electron chi connectivity index (χ1n) is 5.51. The van der Waals surface area contributed by atoms with Crippen molar-refractivity contribution in [1.29, 1.82) is 0 Å². The van der Waals surface area contributed by atoms with Gasteiger partial charge < -0.3 is 11.1 Å². The first kappa shape index (κ1) is 10.5. The summed E-state index contributed by atoms with van der Waals surface area (Å²) in [5.41, 5.74) is 7.51. The van der Waals surface area contributed by atoms with Crippen molar-refractivity contribution in [3.05, 3.63) is 48.9 Å². The van der Waals surface area contributed by atoms with Crippen molar-refractivity contribution in [3.8, 4) is 0 Å². The summed E-state index contributed by atoms with van der Waals surface area (Å²) < 4.78 is 0. The van der Waals surface area contributed by atoms with Gasteiger partial charge in [-0.3, -0.25) is 4.98 Å². The molecule has 0 saturated carbocycles. The second-order valence-electron chi connectivity index (χ2n) is 3.83. The summed E-state index contributed by atoms with van der Waals surface area (Å²) in [6, 6.07) is 9.91. The van der Waals surface area contributed by atoms with E-state index in [1.54, 1.807) is 18.6 Å². The SMILES string of the molecule is Nc1nccnc1Nc1cnc2ccccc2c1. The molecule has 18 heavy (non-hydrogen) atoms. The van der Waals surface area contributed by atoms with Crippen molar-refractivity contribution < 1.29 is 0 Å². The molecule has 88 valence electrons. The number of hydrogen-bond donors (Lipinski definition) is 2. The highest BCUT2D eigenvalue weighted by molar-refractivity contribution is 5.82. The Balaban J connectivity index is 1.98. The first-order chi connectivity index (χ1) is 8.83. The number of benzene rings is 1. The largest absolute Gasteiger partial charge is 0.381 e. The van der Waals surface area contributed by atoms with Crippen LogP contribution in [0.5, 0.6) is 0 Å². The van der Waals surface area contributed by atoms with Gasteiger partial charge in [-0.2, -0.15) is 0 Å². The number of fused-ring (bicyclic) bond motifs is 1. The Morgan fingerprint density at radius 3 is 2.72 bits per heavy atom. The number of hydrogen-bond acceptors (Lipinski definition) is 5. The van der Waals surface area contributed by atoms with Crippen LogP contribution in [0.1, 0.15) is 0 Å². The highest BCUT2D eigenvalue weighted by Crippen LogP contribution is 2.21. The van der Waals surface area contributed by atoms with Crippen molar-refractivity contribution >= 4 is 28.2 Å². The van der Waals surface area contributed by atoms with Crippen molar-refractivity contribution in [2.45, 2.75) is 0 Å². The van der Waals surface area contributed by atoms with Gasteiger partial charge in [-0.25, -0.2) is 9.97 Å². The van der Waals surface area contributed by atoms with Gasteiger partial charge in [0.25, 0.3) is 0 Å². The van der Waals surface area contributed by atoms with E-state index in [1.165, 1.54) is 0 Å². The first-order valence-corrected chi connectivity index (χ1v) is 5.51. The van der Waals surface area contributed by atoms with Gasteiger partial charge in [0.1, 0.15) is 0 Å². The molecule has 0 unspecified atom stereocenters. The van der Waals surface area contributed by atoms with Gasteiger partial charge in [0.2, 0.25) is 0 Å². The number of nitrogens with two attached hydrogens (primary N) is 1. The average Bonchev–Trinajstić information content (AvgIpc) is 2.41. The summed E-state index contributed by atoms with van der Waals surface area (Å²) in [6.07, 6.45) is 4.89. The lowest BCUT2D eigenvalue weighted by Crippen LogP contribution is -2.01. The summed E-state index contributed by atoms with van der Waals surface area (Å²) >= 11 is 0. The third-order valence-electron chi connectivity index (χ3n) is 2.58. The highest BCUT2D eigenvalue weighted by atomic mass is 15.1. The van der Waals surface area contributed by atoms with Gasteiger partial charge in [-0.15, -0.1) is 0 Å². The fourth-order valence-corrected chi connectivity index (χ4v) is 1.72. The van der Waals surface area contributed by atoms with Gasteiger partial charge in [0.05, 0.1) is 17.4 Å². The predicted molar refractivity (Wildman–Crippen MR) is 71.5 cm³/mol. The predicted octanol–water partition coefficient (Wildman–Crippen LogP) is 2.35. The second-order valence-corrected chi connectivity index (χ2v) is 3.83. The quantitative estimate of drug-likeness (QED) is 0.715. The number of nitrogen functional groups attached to an aromatic ring is 1. The maximum absolute atomic E-state index is 5.72. The van der Waals surface area contributed by atoms with E-state index in [9.17, 15) is 0 Å². The Kier molecular flexibility index (Phi) is 2.49. The number of para-hydroxylation sites is 1. The van der Waals surface area contributed by atoms with Crippen LogP contribution in [-0.2, 0) is 0 Å². The molecule has 3 aromatic rings. The Morgan fingerprint density at radius 1 is 1.00 bits per heavy atom. The van der Waals surface area contributed by atoms with Gasteiger partial charge >= 0.3 is 0 Å². The van der Waals surface area contributed by atoms with Crippen molar-refractivity contribution in [2.24, 2.45) is 0 Å². The topological polar surface area (TPSA) is 76.7 Å². The van der Waals surface area contributed by atoms with Gasteiger partial charge in [-0.1, -0.05) is 18.2 Å². The molecule has 5 heteroatoms. The Bertz CT molecular complexity index is 696. The van der Waals surface area contributed by atoms with Crippen LogP contribution in [-0.4, -0.2) is 15.0 Å². The Labute approximate surface area is 104 Å². The lowest BCUT2D eigenvalue weighted by atomic mass is 10.2. The van der Waals surface area contributed by atoms with Crippen LogP contribution < -0.4 is 11.1 Å².